The molecule has 1 heterocycles. The molecule has 0 aromatic rings. The maximum Gasteiger partial charge on any atom is 0.165 e. The lowest BCUT2D eigenvalue weighted by molar-refractivity contribution is -0.560. The molecule has 6 aliphatic rings. The van der Waals surface area contributed by atoms with Gasteiger partial charge in [0.1, 0.15) is 19.4 Å². The van der Waals surface area contributed by atoms with Crippen LogP contribution in [0.4, 0.5) is 0 Å². The molecule has 25 heavy (non-hydrogen) atoms. The number of aliphatic hydroxyl groups excluding tert-OH is 2. The van der Waals surface area contributed by atoms with Crippen molar-refractivity contribution in [2.75, 3.05) is 19.7 Å². The molecule has 3 nitrogen and oxygen atoms in total. The van der Waals surface area contributed by atoms with Crippen LogP contribution in [0.1, 0.15) is 58.3 Å². The van der Waals surface area contributed by atoms with Gasteiger partial charge in [0, 0.05) is 10.8 Å². The van der Waals surface area contributed by atoms with E-state index in [-0.39, 0.29) is 23.5 Å². The predicted octanol–water partition coefficient (Wildman–Crippen LogP) is 3.00. The summed E-state index contributed by atoms with van der Waals surface area (Å²) < 4.78 is 2.44. The summed E-state index contributed by atoms with van der Waals surface area (Å²) in [6, 6.07) is 0. The maximum absolute atomic E-state index is 11.2. The quantitative estimate of drug-likeness (QED) is 0.597. The molecule has 5 saturated carbocycles. The Morgan fingerprint density at radius 1 is 1.20 bits per heavy atom. The Morgan fingerprint density at radius 3 is 2.80 bits per heavy atom. The zero-order valence-corrected chi connectivity index (χ0v) is 15.7. The number of hydrogen-bond acceptors (Lipinski definition) is 2. The SMILES string of the molecule is C=C1[C@@H]2CC[C@]3(CC[C@@H]4[C@@]5(C)CCC[C@]4(C=[N+](CCO)C5)[C@H]3C2)[C@H]1O. The van der Waals surface area contributed by atoms with Crippen molar-refractivity contribution in [1.82, 2.24) is 0 Å². The van der Waals surface area contributed by atoms with Crippen LogP contribution in [0.5, 0.6) is 0 Å². The van der Waals surface area contributed by atoms with Gasteiger partial charge in [-0.1, -0.05) is 19.9 Å². The molecule has 3 heteroatoms. The van der Waals surface area contributed by atoms with Gasteiger partial charge in [-0.15, -0.1) is 0 Å². The highest BCUT2D eigenvalue weighted by molar-refractivity contribution is 5.65. The molecular formula is C22H34NO2+. The van der Waals surface area contributed by atoms with Crippen LogP contribution in [0.25, 0.3) is 0 Å². The highest BCUT2D eigenvalue weighted by Crippen LogP contribution is 2.72. The van der Waals surface area contributed by atoms with Gasteiger partial charge in [0.2, 0.25) is 0 Å². The largest absolute Gasteiger partial charge is 0.390 e. The number of aliphatic hydroxyl groups is 2. The van der Waals surface area contributed by atoms with Gasteiger partial charge < -0.3 is 10.2 Å². The van der Waals surface area contributed by atoms with Crippen LogP contribution < -0.4 is 0 Å². The first-order valence-electron chi connectivity index (χ1n) is 10.5. The van der Waals surface area contributed by atoms with Crippen molar-refractivity contribution in [3.05, 3.63) is 12.2 Å². The van der Waals surface area contributed by atoms with Crippen molar-refractivity contribution in [3.8, 4) is 0 Å². The van der Waals surface area contributed by atoms with Crippen molar-refractivity contribution >= 4 is 6.21 Å². The minimum atomic E-state index is -0.282. The van der Waals surface area contributed by atoms with Crippen LogP contribution in [0.3, 0.4) is 0 Å². The lowest BCUT2D eigenvalue weighted by Gasteiger charge is -2.68. The molecule has 5 aliphatic carbocycles. The smallest absolute Gasteiger partial charge is 0.165 e. The molecule has 0 amide bonds. The summed E-state index contributed by atoms with van der Waals surface area (Å²) in [5.74, 6) is 1.91. The van der Waals surface area contributed by atoms with Gasteiger partial charge in [0.15, 0.2) is 6.54 Å². The first-order valence-corrected chi connectivity index (χ1v) is 10.5. The van der Waals surface area contributed by atoms with Gasteiger partial charge in [-0.25, -0.2) is 4.58 Å². The average molecular weight is 345 g/mol. The first-order chi connectivity index (χ1) is 12.0. The van der Waals surface area contributed by atoms with E-state index >= 15 is 0 Å². The fraction of sp³-hybridized carbons (Fsp3) is 0.864. The Morgan fingerprint density at radius 2 is 2.00 bits per heavy atom. The molecule has 0 aromatic heterocycles. The van der Waals surface area contributed by atoms with Crippen LogP contribution in [-0.2, 0) is 0 Å². The van der Waals surface area contributed by atoms with E-state index in [1.165, 1.54) is 51.4 Å². The minimum Gasteiger partial charge on any atom is -0.390 e. The second-order valence-electron chi connectivity index (χ2n) is 10.3. The van der Waals surface area contributed by atoms with Gasteiger partial charge >= 0.3 is 0 Å². The van der Waals surface area contributed by atoms with E-state index in [0.29, 0.717) is 17.3 Å². The van der Waals surface area contributed by atoms with Gasteiger partial charge in [-0.3, -0.25) is 0 Å². The standard InChI is InChI=1S/C22H34NO2/c1-15-16-4-8-21(19(15)25)9-5-17-20(2)6-3-7-22(17,18(21)12-16)14-23(13-20)10-11-24/h14,16-19,24-25H,1,3-13H2,2H3/q+1/t16-,17-,18+,19+,20+,21-,22-/m1/s1. The van der Waals surface area contributed by atoms with Crippen LogP contribution in [0.15, 0.2) is 12.2 Å². The highest BCUT2D eigenvalue weighted by Gasteiger charge is 2.70. The molecule has 1 aliphatic heterocycles. The van der Waals surface area contributed by atoms with Crippen molar-refractivity contribution < 1.29 is 14.8 Å². The summed E-state index contributed by atoms with van der Waals surface area (Å²) in [7, 11) is 0. The van der Waals surface area contributed by atoms with E-state index in [0.717, 1.165) is 24.6 Å². The summed E-state index contributed by atoms with van der Waals surface area (Å²) in [6.45, 7) is 8.93. The Balaban J connectivity index is 1.65. The highest BCUT2D eigenvalue weighted by atomic mass is 16.3. The van der Waals surface area contributed by atoms with Crippen LogP contribution in [0.2, 0.25) is 0 Å². The van der Waals surface area contributed by atoms with Crippen LogP contribution in [0, 0.1) is 34.0 Å². The Kier molecular flexibility index (Phi) is 3.43. The second-order valence-corrected chi connectivity index (χ2v) is 10.3. The fourth-order valence-corrected chi connectivity index (χ4v) is 8.50. The predicted molar refractivity (Wildman–Crippen MR) is 98.7 cm³/mol. The van der Waals surface area contributed by atoms with Gasteiger partial charge in [0.25, 0.3) is 0 Å². The van der Waals surface area contributed by atoms with Crippen molar-refractivity contribution in [2.24, 2.45) is 34.0 Å². The van der Waals surface area contributed by atoms with E-state index in [4.69, 9.17) is 0 Å². The zero-order valence-electron chi connectivity index (χ0n) is 15.7. The summed E-state index contributed by atoms with van der Waals surface area (Å²) in [5.41, 5.74) is 1.85. The van der Waals surface area contributed by atoms with Crippen molar-refractivity contribution in [2.45, 2.75) is 64.4 Å². The minimum absolute atomic E-state index is 0.0826. The van der Waals surface area contributed by atoms with Gasteiger partial charge in [-0.2, -0.15) is 0 Å². The van der Waals surface area contributed by atoms with Crippen LogP contribution >= 0.6 is 0 Å². The molecule has 0 aromatic carbocycles. The summed E-state index contributed by atoms with van der Waals surface area (Å²) in [5, 5.41) is 20.8. The van der Waals surface area contributed by atoms with Crippen molar-refractivity contribution in [1.29, 1.82) is 0 Å². The Labute approximate surface area is 151 Å². The van der Waals surface area contributed by atoms with E-state index in [9.17, 15) is 10.2 Å². The molecular weight excluding hydrogens is 310 g/mol. The summed E-state index contributed by atoms with van der Waals surface area (Å²) in [6.07, 6.45) is 12.4. The number of hydrogen-bond donors (Lipinski definition) is 2. The number of fused-ring (bicyclic) bond motifs is 2. The molecule has 0 radical (unpaired) electrons. The van der Waals surface area contributed by atoms with E-state index < -0.39 is 0 Å². The zero-order chi connectivity index (χ0) is 17.4. The third-order valence-corrected chi connectivity index (χ3v) is 9.36. The molecule has 2 N–H and O–H groups in total. The molecule has 5 fully saturated rings. The summed E-state index contributed by atoms with van der Waals surface area (Å²) >= 11 is 0. The average Bonchev–Trinajstić information content (AvgIpc) is 2.58. The van der Waals surface area contributed by atoms with E-state index in [1.807, 2.05) is 0 Å². The molecule has 4 bridgehead atoms. The number of rotatable bonds is 2. The lowest BCUT2D eigenvalue weighted by Crippen LogP contribution is -2.68. The third-order valence-electron chi connectivity index (χ3n) is 9.36. The molecule has 0 saturated heterocycles. The maximum atomic E-state index is 11.2. The molecule has 6 rings (SSSR count). The lowest BCUT2D eigenvalue weighted by atomic mass is 9.35. The number of β-amino-alcohol motifs (C(OH)–C–C–N with tert-alkyl or cyclic N) is 1. The normalized spacial score (nSPS) is 53.9. The topological polar surface area (TPSA) is 43.5 Å². The first kappa shape index (κ1) is 16.5. The monoisotopic (exact) mass is 344 g/mol. The van der Waals surface area contributed by atoms with Gasteiger partial charge in [-0.05, 0) is 68.3 Å². The van der Waals surface area contributed by atoms with Crippen LogP contribution in [-0.4, -0.2) is 46.8 Å². The molecule has 0 unspecified atom stereocenters. The molecule has 7 atom stereocenters. The number of nitrogens with zero attached hydrogens (tertiary/aromatic N) is 1. The van der Waals surface area contributed by atoms with E-state index in [1.54, 1.807) is 0 Å². The summed E-state index contributed by atoms with van der Waals surface area (Å²) in [4.78, 5) is 0. The second kappa shape index (κ2) is 5.19. The third kappa shape index (κ3) is 1.92. The fourth-order valence-electron chi connectivity index (χ4n) is 8.50. The Bertz CT molecular complexity index is 642. The Hall–Kier alpha value is -0.670. The van der Waals surface area contributed by atoms with Crippen molar-refractivity contribution in [3.63, 3.8) is 0 Å². The molecule has 1 spiro atoms. The molecule has 138 valence electrons. The van der Waals surface area contributed by atoms with Gasteiger partial charge in [0.05, 0.1) is 11.5 Å². The van der Waals surface area contributed by atoms with E-state index in [2.05, 4.69) is 24.3 Å².